The van der Waals surface area contributed by atoms with Crippen LogP contribution in [-0.4, -0.2) is 12.6 Å². The Morgan fingerprint density at radius 3 is 2.44 bits per heavy atom. The smallest absolute Gasteiger partial charge is 0.342 e. The van der Waals surface area contributed by atoms with E-state index in [9.17, 15) is 4.79 Å². The SMILES string of the molecule is CCOC(=O)c1c(C(C)(C)C)oc2ccc(OCc3ccc(Cl)cc3)cc12. The van der Waals surface area contributed by atoms with Gasteiger partial charge in [-0.2, -0.15) is 0 Å². The van der Waals surface area contributed by atoms with Gasteiger partial charge >= 0.3 is 5.97 Å². The summed E-state index contributed by atoms with van der Waals surface area (Å²) in [4.78, 5) is 12.6. The van der Waals surface area contributed by atoms with E-state index in [1.54, 1.807) is 6.92 Å². The Morgan fingerprint density at radius 1 is 1.11 bits per heavy atom. The Balaban J connectivity index is 1.96. The third-order valence-corrected chi connectivity index (χ3v) is 4.39. The molecule has 0 aliphatic carbocycles. The summed E-state index contributed by atoms with van der Waals surface area (Å²) >= 11 is 5.91. The van der Waals surface area contributed by atoms with Crippen molar-refractivity contribution in [1.29, 1.82) is 0 Å². The van der Waals surface area contributed by atoms with E-state index < -0.39 is 0 Å². The molecule has 1 aromatic heterocycles. The van der Waals surface area contributed by atoms with Crippen LogP contribution in [0.2, 0.25) is 5.02 Å². The van der Waals surface area contributed by atoms with Crippen molar-refractivity contribution >= 4 is 28.5 Å². The second kappa shape index (κ2) is 7.65. The van der Waals surface area contributed by atoms with Crippen LogP contribution in [0.5, 0.6) is 5.75 Å². The molecule has 0 radical (unpaired) electrons. The number of hydrogen-bond donors (Lipinski definition) is 0. The van der Waals surface area contributed by atoms with E-state index in [2.05, 4.69) is 0 Å². The number of carbonyl (C=O) groups excluding carboxylic acids is 1. The fourth-order valence-electron chi connectivity index (χ4n) is 2.85. The Morgan fingerprint density at radius 2 is 1.81 bits per heavy atom. The highest BCUT2D eigenvalue weighted by atomic mass is 35.5. The van der Waals surface area contributed by atoms with E-state index in [4.69, 9.17) is 25.5 Å². The maximum absolute atomic E-state index is 12.6. The molecule has 0 amide bonds. The van der Waals surface area contributed by atoms with Crippen molar-refractivity contribution in [3.8, 4) is 5.75 Å². The van der Waals surface area contributed by atoms with Crippen LogP contribution in [0, 0.1) is 0 Å². The van der Waals surface area contributed by atoms with E-state index in [1.165, 1.54) is 0 Å². The summed E-state index contributed by atoms with van der Waals surface area (Å²) in [5.41, 5.74) is 1.79. The zero-order valence-corrected chi connectivity index (χ0v) is 16.7. The highest BCUT2D eigenvalue weighted by Crippen LogP contribution is 2.36. The minimum atomic E-state index is -0.379. The summed E-state index contributed by atoms with van der Waals surface area (Å²) in [5, 5.41) is 1.39. The molecule has 3 aromatic rings. The number of benzene rings is 2. The lowest BCUT2D eigenvalue weighted by molar-refractivity contribution is 0.0523. The Labute approximate surface area is 164 Å². The fourth-order valence-corrected chi connectivity index (χ4v) is 2.97. The van der Waals surface area contributed by atoms with E-state index in [-0.39, 0.29) is 11.4 Å². The van der Waals surface area contributed by atoms with Crippen molar-refractivity contribution in [2.45, 2.75) is 39.7 Å². The molecule has 0 unspecified atom stereocenters. The standard InChI is InChI=1S/C22H23ClO4/c1-5-25-21(24)19-17-12-16(26-13-14-6-8-15(23)9-7-14)10-11-18(17)27-20(19)22(2,3)4/h6-12H,5,13H2,1-4H3. The molecule has 4 nitrogen and oxygen atoms in total. The number of furan rings is 1. The number of halogens is 1. The fraction of sp³-hybridized carbons (Fsp3) is 0.318. The predicted molar refractivity (Wildman–Crippen MR) is 107 cm³/mol. The van der Waals surface area contributed by atoms with Gasteiger partial charge in [0.1, 0.15) is 29.3 Å². The number of hydrogen-bond acceptors (Lipinski definition) is 4. The van der Waals surface area contributed by atoms with Crippen LogP contribution < -0.4 is 4.74 Å². The summed E-state index contributed by atoms with van der Waals surface area (Å²) in [6.45, 7) is 8.52. The number of esters is 1. The van der Waals surface area contributed by atoms with Crippen molar-refractivity contribution < 1.29 is 18.7 Å². The number of carbonyl (C=O) groups is 1. The lowest BCUT2D eigenvalue weighted by atomic mass is 9.89. The van der Waals surface area contributed by atoms with Crippen LogP contribution in [0.25, 0.3) is 11.0 Å². The van der Waals surface area contributed by atoms with Crippen molar-refractivity contribution in [3.63, 3.8) is 0 Å². The van der Waals surface area contributed by atoms with Gasteiger partial charge in [0, 0.05) is 15.8 Å². The van der Waals surface area contributed by atoms with Gasteiger partial charge in [-0.15, -0.1) is 0 Å². The highest BCUT2D eigenvalue weighted by molar-refractivity contribution is 6.30. The number of rotatable bonds is 5. The monoisotopic (exact) mass is 386 g/mol. The molecule has 0 spiro atoms. The molecule has 3 rings (SSSR count). The predicted octanol–water partition coefficient (Wildman–Crippen LogP) is 6.14. The number of ether oxygens (including phenoxy) is 2. The van der Waals surface area contributed by atoms with Crippen molar-refractivity contribution in [2.75, 3.05) is 6.61 Å². The molecule has 0 N–H and O–H groups in total. The van der Waals surface area contributed by atoms with E-state index in [1.807, 2.05) is 63.2 Å². The Hall–Kier alpha value is -2.46. The normalized spacial score (nSPS) is 11.6. The van der Waals surface area contributed by atoms with Gasteiger partial charge in [-0.25, -0.2) is 4.79 Å². The molecule has 0 bridgehead atoms. The molecule has 0 saturated heterocycles. The zero-order chi connectivity index (χ0) is 19.6. The molecular weight excluding hydrogens is 364 g/mol. The van der Waals surface area contributed by atoms with Crippen LogP contribution >= 0.6 is 11.6 Å². The van der Waals surface area contributed by atoms with Crippen LogP contribution in [0.4, 0.5) is 0 Å². The molecule has 27 heavy (non-hydrogen) atoms. The molecule has 0 saturated carbocycles. The third-order valence-electron chi connectivity index (χ3n) is 4.14. The first kappa shape index (κ1) is 19.3. The third kappa shape index (κ3) is 4.28. The molecule has 5 heteroatoms. The summed E-state index contributed by atoms with van der Waals surface area (Å²) < 4.78 is 17.1. The first-order valence-corrected chi connectivity index (χ1v) is 9.28. The highest BCUT2D eigenvalue weighted by Gasteiger charge is 2.30. The van der Waals surface area contributed by atoms with Gasteiger partial charge in [-0.1, -0.05) is 44.5 Å². The average Bonchev–Trinajstić information content (AvgIpc) is 3.00. The van der Waals surface area contributed by atoms with Gasteiger partial charge in [0.15, 0.2) is 0 Å². The first-order chi connectivity index (χ1) is 12.8. The van der Waals surface area contributed by atoms with Crippen molar-refractivity contribution in [2.24, 2.45) is 0 Å². The first-order valence-electron chi connectivity index (χ1n) is 8.91. The van der Waals surface area contributed by atoms with Crippen LogP contribution in [-0.2, 0) is 16.8 Å². The minimum absolute atomic E-state index is 0.307. The van der Waals surface area contributed by atoms with Gasteiger partial charge < -0.3 is 13.9 Å². The summed E-state index contributed by atoms with van der Waals surface area (Å²) in [7, 11) is 0. The molecule has 142 valence electrons. The molecule has 2 aromatic carbocycles. The average molecular weight is 387 g/mol. The zero-order valence-electron chi connectivity index (χ0n) is 16.0. The van der Waals surface area contributed by atoms with Gasteiger partial charge in [0.2, 0.25) is 0 Å². The Bertz CT molecular complexity index is 949. The number of fused-ring (bicyclic) bond motifs is 1. The van der Waals surface area contributed by atoms with Crippen LogP contribution in [0.1, 0.15) is 49.4 Å². The van der Waals surface area contributed by atoms with E-state index in [0.29, 0.717) is 46.3 Å². The van der Waals surface area contributed by atoms with Gasteiger partial charge in [0.05, 0.1) is 6.61 Å². The summed E-state index contributed by atoms with van der Waals surface area (Å²) in [5.74, 6) is 0.895. The minimum Gasteiger partial charge on any atom is -0.489 e. The largest absolute Gasteiger partial charge is 0.489 e. The maximum Gasteiger partial charge on any atom is 0.342 e. The van der Waals surface area contributed by atoms with Crippen LogP contribution in [0.15, 0.2) is 46.9 Å². The second-order valence-electron chi connectivity index (χ2n) is 7.35. The van der Waals surface area contributed by atoms with Gasteiger partial charge in [0.25, 0.3) is 0 Å². The van der Waals surface area contributed by atoms with Crippen molar-refractivity contribution in [3.05, 3.63) is 64.4 Å². The van der Waals surface area contributed by atoms with Gasteiger partial charge in [-0.3, -0.25) is 0 Å². The van der Waals surface area contributed by atoms with E-state index >= 15 is 0 Å². The lowest BCUT2D eigenvalue weighted by Crippen LogP contribution is -2.16. The molecule has 0 aliphatic rings. The molecule has 1 heterocycles. The molecule has 0 atom stereocenters. The van der Waals surface area contributed by atoms with Crippen LogP contribution in [0.3, 0.4) is 0 Å². The summed E-state index contributed by atoms with van der Waals surface area (Å²) in [6, 6.07) is 13.0. The topological polar surface area (TPSA) is 48.7 Å². The molecular formula is C22H23ClO4. The van der Waals surface area contributed by atoms with Crippen molar-refractivity contribution in [1.82, 2.24) is 0 Å². The summed E-state index contributed by atoms with van der Waals surface area (Å²) in [6.07, 6.45) is 0. The molecule has 0 fully saturated rings. The quantitative estimate of drug-likeness (QED) is 0.494. The lowest BCUT2D eigenvalue weighted by Gasteiger charge is -2.16. The Kier molecular flexibility index (Phi) is 5.47. The molecule has 0 aliphatic heterocycles. The second-order valence-corrected chi connectivity index (χ2v) is 7.79. The van der Waals surface area contributed by atoms with Gasteiger partial charge in [-0.05, 0) is 42.8 Å². The maximum atomic E-state index is 12.6. The van der Waals surface area contributed by atoms with E-state index in [0.717, 1.165) is 5.56 Å².